The molecule has 3 rings (SSSR count). The number of aryl methyl sites for hydroxylation is 1. The highest BCUT2D eigenvalue weighted by Gasteiger charge is 2.14. The van der Waals surface area contributed by atoms with Gasteiger partial charge < -0.3 is 24.7 Å². The third-order valence-electron chi connectivity index (χ3n) is 4.63. The molecule has 0 aliphatic rings. The predicted octanol–water partition coefficient (Wildman–Crippen LogP) is 3.97. The molecule has 3 aromatic rings. The summed E-state index contributed by atoms with van der Waals surface area (Å²) < 4.78 is 12.5. The number of hydrogen-bond acceptors (Lipinski definition) is 7. The quantitative estimate of drug-likeness (QED) is 0.460. The van der Waals surface area contributed by atoms with Gasteiger partial charge >= 0.3 is 0 Å². The highest BCUT2D eigenvalue weighted by atomic mass is 32.2. The van der Waals surface area contributed by atoms with E-state index in [-0.39, 0.29) is 11.7 Å². The Morgan fingerprint density at radius 1 is 1.10 bits per heavy atom. The molecule has 9 heteroatoms. The van der Waals surface area contributed by atoms with E-state index in [0.29, 0.717) is 35.4 Å². The first-order valence-corrected chi connectivity index (χ1v) is 10.9. The first-order chi connectivity index (χ1) is 15.0. The van der Waals surface area contributed by atoms with Crippen molar-refractivity contribution >= 4 is 29.0 Å². The molecule has 1 amide bonds. The maximum absolute atomic E-state index is 12.5. The van der Waals surface area contributed by atoms with Gasteiger partial charge in [-0.3, -0.25) is 4.79 Å². The molecule has 0 spiro atoms. The highest BCUT2D eigenvalue weighted by Crippen LogP contribution is 2.29. The Morgan fingerprint density at radius 3 is 2.55 bits per heavy atom. The number of thioether (sulfide) groups is 1. The SMILES string of the molecule is CCn1c(CNc2ccc(C)cc2)nnc1SCC(=O)Nc1ccc(OC)cc1OC. The summed E-state index contributed by atoms with van der Waals surface area (Å²) in [5.74, 6) is 2.07. The van der Waals surface area contributed by atoms with Crippen LogP contribution in [0.4, 0.5) is 11.4 Å². The molecule has 0 aliphatic heterocycles. The molecule has 1 heterocycles. The summed E-state index contributed by atoms with van der Waals surface area (Å²) in [6, 6.07) is 13.4. The molecule has 0 radical (unpaired) electrons. The van der Waals surface area contributed by atoms with E-state index in [1.165, 1.54) is 17.3 Å². The summed E-state index contributed by atoms with van der Waals surface area (Å²) in [6.07, 6.45) is 0. The van der Waals surface area contributed by atoms with E-state index in [1.807, 2.05) is 23.6 Å². The van der Waals surface area contributed by atoms with Gasteiger partial charge in [-0.1, -0.05) is 29.5 Å². The number of carbonyl (C=O) groups is 1. The molecule has 0 aliphatic carbocycles. The van der Waals surface area contributed by atoms with Crippen molar-refractivity contribution in [3.63, 3.8) is 0 Å². The van der Waals surface area contributed by atoms with Crippen LogP contribution in [0.15, 0.2) is 47.6 Å². The van der Waals surface area contributed by atoms with Gasteiger partial charge in [-0.25, -0.2) is 0 Å². The summed E-state index contributed by atoms with van der Waals surface area (Å²) in [5, 5.41) is 15.5. The van der Waals surface area contributed by atoms with Crippen molar-refractivity contribution < 1.29 is 14.3 Å². The molecule has 0 bridgehead atoms. The third-order valence-corrected chi connectivity index (χ3v) is 5.59. The van der Waals surface area contributed by atoms with Crippen molar-refractivity contribution in [3.05, 3.63) is 53.9 Å². The maximum atomic E-state index is 12.5. The van der Waals surface area contributed by atoms with Gasteiger partial charge in [-0.2, -0.15) is 0 Å². The number of aromatic nitrogens is 3. The lowest BCUT2D eigenvalue weighted by molar-refractivity contribution is -0.113. The van der Waals surface area contributed by atoms with E-state index >= 15 is 0 Å². The third kappa shape index (κ3) is 5.91. The molecular weight excluding hydrogens is 414 g/mol. The Bertz CT molecular complexity index is 1020. The normalized spacial score (nSPS) is 10.6. The molecule has 0 atom stereocenters. The molecule has 2 aromatic carbocycles. The van der Waals surface area contributed by atoms with Gasteiger partial charge in [0, 0.05) is 18.3 Å². The van der Waals surface area contributed by atoms with Crippen LogP contribution in [0.5, 0.6) is 11.5 Å². The Kier molecular flexibility index (Phi) is 7.77. The molecular formula is C22H27N5O3S. The van der Waals surface area contributed by atoms with Crippen LogP contribution in [0.2, 0.25) is 0 Å². The topological polar surface area (TPSA) is 90.3 Å². The summed E-state index contributed by atoms with van der Waals surface area (Å²) >= 11 is 1.35. The van der Waals surface area contributed by atoms with Crippen molar-refractivity contribution in [1.82, 2.24) is 14.8 Å². The van der Waals surface area contributed by atoms with E-state index in [4.69, 9.17) is 9.47 Å². The molecule has 2 N–H and O–H groups in total. The molecule has 0 unspecified atom stereocenters. The number of amides is 1. The zero-order valence-corrected chi connectivity index (χ0v) is 19.0. The summed E-state index contributed by atoms with van der Waals surface area (Å²) in [4.78, 5) is 12.5. The molecule has 0 saturated heterocycles. The highest BCUT2D eigenvalue weighted by molar-refractivity contribution is 7.99. The van der Waals surface area contributed by atoms with Crippen LogP contribution in [0.3, 0.4) is 0 Å². The second kappa shape index (κ2) is 10.7. The van der Waals surface area contributed by atoms with Crippen LogP contribution in [-0.2, 0) is 17.9 Å². The lowest BCUT2D eigenvalue weighted by atomic mass is 10.2. The van der Waals surface area contributed by atoms with Gasteiger partial charge in [-0.05, 0) is 38.1 Å². The summed E-state index contributed by atoms with van der Waals surface area (Å²) in [7, 11) is 3.13. The minimum atomic E-state index is -0.154. The number of ether oxygens (including phenoxy) is 2. The average Bonchev–Trinajstić information content (AvgIpc) is 3.19. The summed E-state index contributed by atoms with van der Waals surface area (Å²) in [5.41, 5.74) is 2.83. The van der Waals surface area contributed by atoms with Crippen LogP contribution in [0, 0.1) is 6.92 Å². The van der Waals surface area contributed by atoms with Gasteiger partial charge in [0.25, 0.3) is 0 Å². The number of hydrogen-bond donors (Lipinski definition) is 2. The standard InChI is InChI=1S/C22H27N5O3S/c1-5-27-20(13-23-16-8-6-15(2)7-9-16)25-26-22(27)31-14-21(28)24-18-11-10-17(29-3)12-19(18)30-4/h6-12,23H,5,13-14H2,1-4H3,(H,24,28). The van der Waals surface area contributed by atoms with E-state index in [9.17, 15) is 4.79 Å². The zero-order chi connectivity index (χ0) is 22.2. The van der Waals surface area contributed by atoms with Crippen LogP contribution in [-0.4, -0.2) is 40.6 Å². The second-order valence-corrected chi connectivity index (χ2v) is 7.71. The van der Waals surface area contributed by atoms with Crippen LogP contribution >= 0.6 is 11.8 Å². The van der Waals surface area contributed by atoms with Crippen LogP contribution in [0.25, 0.3) is 0 Å². The number of nitrogens with one attached hydrogen (secondary N) is 2. The molecule has 0 fully saturated rings. The van der Waals surface area contributed by atoms with Crippen molar-refractivity contribution in [2.75, 3.05) is 30.6 Å². The van der Waals surface area contributed by atoms with E-state index < -0.39 is 0 Å². The smallest absolute Gasteiger partial charge is 0.234 e. The lowest BCUT2D eigenvalue weighted by Crippen LogP contribution is -2.15. The minimum Gasteiger partial charge on any atom is -0.497 e. The molecule has 31 heavy (non-hydrogen) atoms. The van der Waals surface area contributed by atoms with E-state index in [0.717, 1.165) is 11.5 Å². The monoisotopic (exact) mass is 441 g/mol. The van der Waals surface area contributed by atoms with Crippen molar-refractivity contribution in [2.45, 2.75) is 32.1 Å². The number of carbonyl (C=O) groups excluding carboxylic acids is 1. The lowest BCUT2D eigenvalue weighted by Gasteiger charge is -2.12. The fraction of sp³-hybridized carbons (Fsp3) is 0.318. The first kappa shape index (κ1) is 22.5. The minimum absolute atomic E-state index is 0.154. The van der Waals surface area contributed by atoms with Crippen LogP contribution in [0.1, 0.15) is 18.3 Å². The number of rotatable bonds is 10. The van der Waals surface area contributed by atoms with Gasteiger partial charge in [0.1, 0.15) is 11.5 Å². The zero-order valence-electron chi connectivity index (χ0n) is 18.1. The Hall–Kier alpha value is -3.20. The Balaban J connectivity index is 1.59. The van der Waals surface area contributed by atoms with Gasteiger partial charge in [-0.15, -0.1) is 10.2 Å². The number of benzene rings is 2. The fourth-order valence-electron chi connectivity index (χ4n) is 2.94. The fourth-order valence-corrected chi connectivity index (χ4v) is 3.77. The average molecular weight is 442 g/mol. The first-order valence-electron chi connectivity index (χ1n) is 9.91. The molecule has 1 aromatic heterocycles. The predicted molar refractivity (Wildman–Crippen MR) is 123 cm³/mol. The van der Waals surface area contributed by atoms with Crippen molar-refractivity contribution in [1.29, 1.82) is 0 Å². The van der Waals surface area contributed by atoms with Gasteiger partial charge in [0.2, 0.25) is 5.91 Å². The Labute approximate surface area is 186 Å². The maximum Gasteiger partial charge on any atom is 0.234 e. The van der Waals surface area contributed by atoms with Crippen molar-refractivity contribution in [3.8, 4) is 11.5 Å². The number of anilines is 2. The van der Waals surface area contributed by atoms with Gasteiger partial charge in [0.05, 0.1) is 32.2 Å². The number of methoxy groups -OCH3 is 2. The van der Waals surface area contributed by atoms with Crippen LogP contribution < -0.4 is 20.1 Å². The van der Waals surface area contributed by atoms with E-state index in [1.54, 1.807) is 32.4 Å². The largest absolute Gasteiger partial charge is 0.497 e. The Morgan fingerprint density at radius 2 is 1.87 bits per heavy atom. The van der Waals surface area contributed by atoms with Gasteiger partial charge in [0.15, 0.2) is 11.0 Å². The molecule has 0 saturated carbocycles. The van der Waals surface area contributed by atoms with Crippen molar-refractivity contribution in [2.24, 2.45) is 0 Å². The second-order valence-electron chi connectivity index (χ2n) is 6.77. The number of nitrogens with zero attached hydrogens (tertiary/aromatic N) is 3. The molecule has 8 nitrogen and oxygen atoms in total. The molecule has 164 valence electrons. The van der Waals surface area contributed by atoms with E-state index in [2.05, 4.69) is 39.9 Å². The summed E-state index contributed by atoms with van der Waals surface area (Å²) in [6.45, 7) is 5.36.